The summed E-state index contributed by atoms with van der Waals surface area (Å²) in [4.78, 5) is 9.38. The van der Waals surface area contributed by atoms with Crippen LogP contribution in [0, 0.1) is 6.92 Å². The Hall–Kier alpha value is -2.72. The molecule has 3 N–H and O–H groups in total. The van der Waals surface area contributed by atoms with Crippen molar-refractivity contribution in [3.8, 4) is 22.6 Å². The van der Waals surface area contributed by atoms with Crippen LogP contribution in [0.1, 0.15) is 12.0 Å². The molecule has 0 bridgehead atoms. The lowest BCUT2D eigenvalue weighted by Crippen LogP contribution is -2.10. The molecular weight excluding hydrogens is 296 g/mol. The molecular formula is C20H22N4. The number of anilines is 1. The van der Waals surface area contributed by atoms with Crippen LogP contribution in [-0.2, 0) is 0 Å². The molecule has 0 fully saturated rings. The highest BCUT2D eigenvalue weighted by Crippen LogP contribution is 2.28. The lowest BCUT2D eigenvalue weighted by atomic mass is 10.1. The zero-order valence-corrected chi connectivity index (χ0v) is 13.9. The van der Waals surface area contributed by atoms with Crippen molar-refractivity contribution in [2.24, 2.45) is 5.73 Å². The van der Waals surface area contributed by atoms with Gasteiger partial charge in [-0.2, -0.15) is 0 Å². The van der Waals surface area contributed by atoms with Crippen molar-refractivity contribution >= 4 is 5.69 Å². The number of nitrogens with two attached hydrogens (primary N) is 1. The van der Waals surface area contributed by atoms with Gasteiger partial charge < -0.3 is 11.1 Å². The Bertz CT molecular complexity index is 800. The summed E-state index contributed by atoms with van der Waals surface area (Å²) in [6, 6.07) is 18.4. The van der Waals surface area contributed by atoms with Gasteiger partial charge in [0.2, 0.25) is 0 Å². The number of nitrogens with zero attached hydrogens (tertiary/aromatic N) is 2. The number of rotatable bonds is 6. The van der Waals surface area contributed by atoms with E-state index in [4.69, 9.17) is 10.7 Å². The molecule has 0 unspecified atom stereocenters. The highest BCUT2D eigenvalue weighted by Gasteiger charge is 2.10. The minimum Gasteiger partial charge on any atom is -0.382 e. The third kappa shape index (κ3) is 3.78. The highest BCUT2D eigenvalue weighted by molar-refractivity contribution is 5.75. The second-order valence-corrected chi connectivity index (χ2v) is 5.76. The summed E-state index contributed by atoms with van der Waals surface area (Å²) in [7, 11) is 0. The maximum absolute atomic E-state index is 5.58. The molecule has 0 atom stereocenters. The van der Waals surface area contributed by atoms with Crippen molar-refractivity contribution in [1.82, 2.24) is 9.97 Å². The van der Waals surface area contributed by atoms with Crippen molar-refractivity contribution in [2.75, 3.05) is 18.4 Å². The van der Waals surface area contributed by atoms with Gasteiger partial charge in [-0.1, -0.05) is 54.1 Å². The molecule has 0 spiro atoms. The lowest BCUT2D eigenvalue weighted by molar-refractivity contribution is 0.873. The molecule has 122 valence electrons. The summed E-state index contributed by atoms with van der Waals surface area (Å²) in [5.41, 5.74) is 10.7. The number of aromatic nitrogens is 2. The highest BCUT2D eigenvalue weighted by atomic mass is 15.0. The van der Waals surface area contributed by atoms with E-state index in [1.807, 2.05) is 36.5 Å². The van der Waals surface area contributed by atoms with E-state index in [2.05, 4.69) is 41.5 Å². The van der Waals surface area contributed by atoms with Gasteiger partial charge in [0.15, 0.2) is 5.82 Å². The first-order valence-corrected chi connectivity index (χ1v) is 8.21. The summed E-state index contributed by atoms with van der Waals surface area (Å²) in [5.74, 6) is 0.738. The van der Waals surface area contributed by atoms with Gasteiger partial charge in [-0.05, 0) is 26.0 Å². The average Bonchev–Trinajstić information content (AvgIpc) is 2.63. The van der Waals surface area contributed by atoms with Gasteiger partial charge >= 0.3 is 0 Å². The Morgan fingerprint density at radius 3 is 2.54 bits per heavy atom. The number of hydrogen-bond donors (Lipinski definition) is 2. The molecule has 0 saturated carbocycles. The fraction of sp³-hybridized carbons (Fsp3) is 0.200. The van der Waals surface area contributed by atoms with Crippen LogP contribution in [0.2, 0.25) is 0 Å². The van der Waals surface area contributed by atoms with E-state index in [0.717, 1.165) is 41.3 Å². The normalized spacial score (nSPS) is 10.6. The van der Waals surface area contributed by atoms with Crippen LogP contribution in [0.25, 0.3) is 22.6 Å². The third-order valence-corrected chi connectivity index (χ3v) is 3.81. The Labute approximate surface area is 142 Å². The van der Waals surface area contributed by atoms with E-state index in [1.165, 1.54) is 5.56 Å². The molecule has 4 nitrogen and oxygen atoms in total. The Morgan fingerprint density at radius 2 is 1.79 bits per heavy atom. The van der Waals surface area contributed by atoms with Crippen LogP contribution >= 0.6 is 0 Å². The molecule has 0 aliphatic carbocycles. The van der Waals surface area contributed by atoms with Gasteiger partial charge in [0.25, 0.3) is 0 Å². The average molecular weight is 318 g/mol. The molecule has 0 aliphatic rings. The number of aryl methyl sites for hydroxylation is 1. The largest absolute Gasteiger partial charge is 0.382 e. The molecule has 4 heteroatoms. The molecule has 2 aromatic carbocycles. The van der Waals surface area contributed by atoms with E-state index in [-0.39, 0.29) is 0 Å². The first-order chi connectivity index (χ1) is 11.8. The van der Waals surface area contributed by atoms with Crippen LogP contribution < -0.4 is 11.1 Å². The van der Waals surface area contributed by atoms with Crippen LogP contribution in [0.3, 0.4) is 0 Å². The smallest absolute Gasteiger partial charge is 0.159 e. The SMILES string of the molecule is Cc1cccc(-c2ncc(NCCCN)c(-c3ccccc3)n2)c1. The zero-order chi connectivity index (χ0) is 16.8. The fourth-order valence-corrected chi connectivity index (χ4v) is 2.58. The third-order valence-electron chi connectivity index (χ3n) is 3.81. The summed E-state index contributed by atoms with van der Waals surface area (Å²) >= 11 is 0. The molecule has 0 radical (unpaired) electrons. The zero-order valence-electron chi connectivity index (χ0n) is 13.9. The first-order valence-electron chi connectivity index (χ1n) is 8.21. The molecule has 1 aromatic heterocycles. The lowest BCUT2D eigenvalue weighted by Gasteiger charge is -2.12. The summed E-state index contributed by atoms with van der Waals surface area (Å²) in [6.45, 7) is 3.55. The minimum atomic E-state index is 0.663. The van der Waals surface area contributed by atoms with E-state index in [1.54, 1.807) is 0 Å². The summed E-state index contributed by atoms with van der Waals surface area (Å²) < 4.78 is 0. The topological polar surface area (TPSA) is 63.8 Å². The number of nitrogens with one attached hydrogen (secondary N) is 1. The van der Waals surface area contributed by atoms with Crippen LogP contribution in [0.4, 0.5) is 5.69 Å². The van der Waals surface area contributed by atoms with Gasteiger partial charge in [0, 0.05) is 17.7 Å². The molecule has 3 aromatic rings. The monoisotopic (exact) mass is 318 g/mol. The standard InChI is InChI=1S/C20H22N4/c1-15-7-5-10-17(13-15)20-23-14-18(22-12-6-11-21)19(24-20)16-8-3-2-4-9-16/h2-5,7-10,13-14,22H,6,11-12,21H2,1H3. The van der Waals surface area contributed by atoms with Crippen molar-refractivity contribution in [1.29, 1.82) is 0 Å². The molecule has 1 heterocycles. The molecule has 24 heavy (non-hydrogen) atoms. The molecule has 3 rings (SSSR count). The maximum atomic E-state index is 5.58. The van der Waals surface area contributed by atoms with Crippen molar-refractivity contribution in [2.45, 2.75) is 13.3 Å². The first kappa shape index (κ1) is 16.1. The van der Waals surface area contributed by atoms with Crippen LogP contribution in [0.15, 0.2) is 60.8 Å². The summed E-state index contributed by atoms with van der Waals surface area (Å²) in [5, 5.41) is 3.40. The summed E-state index contributed by atoms with van der Waals surface area (Å²) in [6.07, 6.45) is 2.78. The maximum Gasteiger partial charge on any atom is 0.159 e. The van der Waals surface area contributed by atoms with E-state index in [0.29, 0.717) is 6.54 Å². The molecule has 0 saturated heterocycles. The van der Waals surface area contributed by atoms with Crippen molar-refractivity contribution in [3.63, 3.8) is 0 Å². The van der Waals surface area contributed by atoms with E-state index < -0.39 is 0 Å². The van der Waals surface area contributed by atoms with Gasteiger partial charge in [-0.15, -0.1) is 0 Å². The fourth-order valence-electron chi connectivity index (χ4n) is 2.58. The van der Waals surface area contributed by atoms with Gasteiger partial charge in [0.1, 0.15) is 0 Å². The van der Waals surface area contributed by atoms with Gasteiger partial charge in [0.05, 0.1) is 17.6 Å². The second kappa shape index (κ2) is 7.70. The quantitative estimate of drug-likeness (QED) is 0.677. The Kier molecular flexibility index (Phi) is 5.18. The van der Waals surface area contributed by atoms with E-state index >= 15 is 0 Å². The molecule has 0 aliphatic heterocycles. The predicted molar refractivity (Wildman–Crippen MR) is 99.8 cm³/mol. The van der Waals surface area contributed by atoms with Gasteiger partial charge in [-0.25, -0.2) is 9.97 Å². The number of hydrogen-bond acceptors (Lipinski definition) is 4. The van der Waals surface area contributed by atoms with Crippen LogP contribution in [0.5, 0.6) is 0 Å². The van der Waals surface area contributed by atoms with Crippen molar-refractivity contribution < 1.29 is 0 Å². The Morgan fingerprint density at radius 1 is 1.00 bits per heavy atom. The minimum absolute atomic E-state index is 0.663. The van der Waals surface area contributed by atoms with Crippen molar-refractivity contribution in [3.05, 3.63) is 66.4 Å². The second-order valence-electron chi connectivity index (χ2n) is 5.76. The van der Waals surface area contributed by atoms with Gasteiger partial charge in [-0.3, -0.25) is 0 Å². The van der Waals surface area contributed by atoms with E-state index in [9.17, 15) is 0 Å². The number of benzene rings is 2. The van der Waals surface area contributed by atoms with Crippen LogP contribution in [-0.4, -0.2) is 23.1 Å². The molecule has 0 amide bonds. The Balaban J connectivity index is 2.02. The predicted octanol–water partition coefficient (Wildman–Crippen LogP) is 3.88.